The van der Waals surface area contributed by atoms with Crippen LogP contribution in [0.5, 0.6) is 0 Å². The predicted octanol–water partition coefficient (Wildman–Crippen LogP) is 2.19. The number of nitrogen functional groups attached to an aromatic ring is 1. The number of aromatic nitrogens is 1. The van der Waals surface area contributed by atoms with Gasteiger partial charge in [0.05, 0.1) is 6.20 Å². The van der Waals surface area contributed by atoms with Gasteiger partial charge in [-0.3, -0.25) is 0 Å². The van der Waals surface area contributed by atoms with Crippen molar-refractivity contribution in [2.24, 2.45) is 0 Å². The van der Waals surface area contributed by atoms with Crippen molar-refractivity contribution in [1.82, 2.24) is 4.98 Å². The molecule has 1 aliphatic heterocycles. The van der Waals surface area contributed by atoms with Gasteiger partial charge in [0.1, 0.15) is 10.8 Å². The van der Waals surface area contributed by atoms with E-state index in [4.69, 9.17) is 5.73 Å². The van der Waals surface area contributed by atoms with Gasteiger partial charge in [-0.1, -0.05) is 11.3 Å². The maximum absolute atomic E-state index is 12.9. The van der Waals surface area contributed by atoms with Crippen LogP contribution in [0.15, 0.2) is 30.5 Å². The van der Waals surface area contributed by atoms with Crippen molar-refractivity contribution >= 4 is 27.2 Å². The van der Waals surface area contributed by atoms with Gasteiger partial charge < -0.3 is 15.5 Å². The lowest BCUT2D eigenvalue weighted by molar-refractivity contribution is 0.624. The highest BCUT2D eigenvalue weighted by atomic mass is 32.1. The average Bonchev–Trinajstić information content (AvgIpc) is 2.87. The van der Waals surface area contributed by atoms with E-state index in [1.165, 1.54) is 23.5 Å². The minimum atomic E-state index is -0.194. The molecule has 0 aliphatic carbocycles. The van der Waals surface area contributed by atoms with E-state index in [2.05, 4.69) is 14.8 Å². The van der Waals surface area contributed by atoms with Crippen molar-refractivity contribution in [3.8, 4) is 0 Å². The molecule has 1 fully saturated rings. The summed E-state index contributed by atoms with van der Waals surface area (Å²) in [5.74, 6) is -0.194. The number of rotatable bonds is 2. The molecule has 0 radical (unpaired) electrons. The molecule has 19 heavy (non-hydrogen) atoms. The van der Waals surface area contributed by atoms with Gasteiger partial charge in [-0.2, -0.15) is 0 Å². The monoisotopic (exact) mass is 278 g/mol. The second kappa shape index (κ2) is 5.05. The molecule has 0 unspecified atom stereocenters. The van der Waals surface area contributed by atoms with Crippen LogP contribution in [0.25, 0.3) is 0 Å². The Morgan fingerprint density at radius 2 is 1.68 bits per heavy atom. The van der Waals surface area contributed by atoms with Crippen molar-refractivity contribution in [3.63, 3.8) is 0 Å². The molecule has 3 rings (SSSR count). The van der Waals surface area contributed by atoms with Crippen molar-refractivity contribution in [3.05, 3.63) is 36.3 Å². The molecule has 1 aromatic carbocycles. The molecule has 1 aliphatic rings. The Kier molecular flexibility index (Phi) is 3.25. The molecule has 0 spiro atoms. The Hall–Kier alpha value is -1.82. The van der Waals surface area contributed by atoms with Gasteiger partial charge in [-0.25, -0.2) is 9.37 Å². The lowest BCUT2D eigenvalue weighted by atomic mass is 10.2. The quantitative estimate of drug-likeness (QED) is 0.914. The molecule has 0 bridgehead atoms. The largest absolute Gasteiger partial charge is 0.389 e. The number of hydrogen-bond donors (Lipinski definition) is 1. The average molecular weight is 278 g/mol. The summed E-state index contributed by atoms with van der Waals surface area (Å²) in [6.45, 7) is 3.63. The first-order valence-electron chi connectivity index (χ1n) is 6.19. The third-order valence-corrected chi connectivity index (χ3v) is 4.14. The normalized spacial score (nSPS) is 15.8. The van der Waals surface area contributed by atoms with Crippen LogP contribution in [0.4, 0.5) is 20.2 Å². The summed E-state index contributed by atoms with van der Waals surface area (Å²) in [6.07, 6.45) is 1.70. The Morgan fingerprint density at radius 3 is 2.26 bits per heavy atom. The number of nitrogens with zero attached hydrogens (tertiary/aromatic N) is 3. The van der Waals surface area contributed by atoms with Crippen molar-refractivity contribution in [2.75, 3.05) is 41.7 Å². The highest BCUT2D eigenvalue weighted by Crippen LogP contribution is 2.26. The van der Waals surface area contributed by atoms with Gasteiger partial charge in [0.15, 0.2) is 5.13 Å². The molecule has 6 heteroatoms. The number of benzene rings is 1. The summed E-state index contributed by atoms with van der Waals surface area (Å²) >= 11 is 1.52. The molecular weight excluding hydrogens is 263 g/mol. The molecule has 0 atom stereocenters. The van der Waals surface area contributed by atoms with Crippen LogP contribution < -0.4 is 15.5 Å². The van der Waals surface area contributed by atoms with Gasteiger partial charge in [0.2, 0.25) is 0 Å². The lowest BCUT2D eigenvalue weighted by Gasteiger charge is -2.35. The van der Waals surface area contributed by atoms with Crippen LogP contribution in [0.2, 0.25) is 0 Å². The zero-order chi connectivity index (χ0) is 13.2. The first-order valence-corrected chi connectivity index (χ1v) is 7.01. The molecule has 4 nitrogen and oxygen atoms in total. The number of hydrogen-bond acceptors (Lipinski definition) is 5. The molecule has 1 saturated heterocycles. The van der Waals surface area contributed by atoms with E-state index in [0.29, 0.717) is 0 Å². The van der Waals surface area contributed by atoms with E-state index in [1.807, 2.05) is 12.1 Å². The predicted molar refractivity (Wildman–Crippen MR) is 77.4 cm³/mol. The van der Waals surface area contributed by atoms with Crippen LogP contribution in [0.3, 0.4) is 0 Å². The maximum atomic E-state index is 12.9. The molecular formula is C13H15FN4S. The highest BCUT2D eigenvalue weighted by Gasteiger charge is 2.19. The molecule has 1 aromatic heterocycles. The number of nitrogens with two attached hydrogens (primary N) is 1. The number of anilines is 3. The van der Waals surface area contributed by atoms with Crippen LogP contribution in [0.1, 0.15) is 0 Å². The van der Waals surface area contributed by atoms with Crippen LogP contribution in [-0.4, -0.2) is 31.2 Å². The van der Waals surface area contributed by atoms with Crippen LogP contribution in [-0.2, 0) is 0 Å². The minimum Gasteiger partial charge on any atom is -0.389 e. The molecule has 0 amide bonds. The van der Waals surface area contributed by atoms with Gasteiger partial charge >= 0.3 is 0 Å². The zero-order valence-corrected chi connectivity index (χ0v) is 11.2. The molecule has 2 aromatic rings. The topological polar surface area (TPSA) is 45.4 Å². The van der Waals surface area contributed by atoms with E-state index in [0.717, 1.165) is 42.0 Å². The fourth-order valence-corrected chi connectivity index (χ4v) is 2.96. The molecule has 2 heterocycles. The SMILES string of the molecule is Nc1cnc(N2CCN(c3ccc(F)cc3)CC2)s1. The zero-order valence-electron chi connectivity index (χ0n) is 10.4. The van der Waals surface area contributed by atoms with Gasteiger partial charge in [0.25, 0.3) is 0 Å². The standard InChI is InChI=1S/C13H15FN4S/c14-10-1-3-11(4-2-10)17-5-7-18(8-6-17)13-16-9-12(15)19-13/h1-4,9H,5-8,15H2. The van der Waals surface area contributed by atoms with E-state index in [-0.39, 0.29) is 5.82 Å². The molecule has 0 saturated carbocycles. The second-order valence-corrected chi connectivity index (χ2v) is 5.54. The van der Waals surface area contributed by atoms with E-state index >= 15 is 0 Å². The summed E-state index contributed by atoms with van der Waals surface area (Å²) in [5, 5.41) is 1.73. The molecule has 100 valence electrons. The molecule has 2 N–H and O–H groups in total. The Bertz CT molecular complexity index is 546. The lowest BCUT2D eigenvalue weighted by Crippen LogP contribution is -2.46. The van der Waals surface area contributed by atoms with Crippen LogP contribution in [0, 0.1) is 5.82 Å². The van der Waals surface area contributed by atoms with E-state index < -0.39 is 0 Å². The summed E-state index contributed by atoms with van der Waals surface area (Å²) in [7, 11) is 0. The first-order chi connectivity index (χ1) is 9.22. The van der Waals surface area contributed by atoms with Gasteiger partial charge in [0, 0.05) is 31.9 Å². The van der Waals surface area contributed by atoms with Crippen LogP contribution >= 0.6 is 11.3 Å². The number of piperazine rings is 1. The number of halogens is 1. The van der Waals surface area contributed by atoms with Crippen molar-refractivity contribution in [2.45, 2.75) is 0 Å². The van der Waals surface area contributed by atoms with Gasteiger partial charge in [-0.05, 0) is 24.3 Å². The Labute approximate surface area is 115 Å². The third kappa shape index (κ3) is 2.63. The maximum Gasteiger partial charge on any atom is 0.187 e. The summed E-state index contributed by atoms with van der Waals surface area (Å²) in [4.78, 5) is 8.79. The van der Waals surface area contributed by atoms with Gasteiger partial charge in [-0.15, -0.1) is 0 Å². The highest BCUT2D eigenvalue weighted by molar-refractivity contribution is 7.19. The van der Waals surface area contributed by atoms with Crippen molar-refractivity contribution < 1.29 is 4.39 Å². The van der Waals surface area contributed by atoms with E-state index in [9.17, 15) is 4.39 Å². The Morgan fingerprint density at radius 1 is 1.05 bits per heavy atom. The third-order valence-electron chi connectivity index (χ3n) is 3.25. The smallest absolute Gasteiger partial charge is 0.187 e. The summed E-state index contributed by atoms with van der Waals surface area (Å²) < 4.78 is 12.9. The number of thiazole rings is 1. The fraction of sp³-hybridized carbons (Fsp3) is 0.308. The Balaban J connectivity index is 1.64. The van der Waals surface area contributed by atoms with Crippen molar-refractivity contribution in [1.29, 1.82) is 0 Å². The first kappa shape index (κ1) is 12.2. The second-order valence-electron chi connectivity index (χ2n) is 4.50. The minimum absolute atomic E-state index is 0.194. The summed E-state index contributed by atoms with van der Waals surface area (Å²) in [6, 6.07) is 6.66. The summed E-state index contributed by atoms with van der Waals surface area (Å²) in [5.41, 5.74) is 6.77. The fourth-order valence-electron chi connectivity index (χ4n) is 2.23. The van der Waals surface area contributed by atoms with E-state index in [1.54, 1.807) is 6.20 Å².